The van der Waals surface area contributed by atoms with E-state index in [1.54, 1.807) is 50.5 Å². The van der Waals surface area contributed by atoms with E-state index >= 15 is 0 Å². The number of nitrogens with one attached hydrogen (secondary N) is 1. The number of nitriles is 1. The second-order valence-corrected chi connectivity index (χ2v) is 5.75. The number of anilines is 1. The van der Waals surface area contributed by atoms with E-state index in [0.717, 1.165) is 0 Å². The van der Waals surface area contributed by atoms with E-state index in [9.17, 15) is 25.0 Å². The average Bonchev–Trinajstić information content (AvgIpc) is 2.66. The minimum atomic E-state index is -0.657. The third-order valence-electron chi connectivity index (χ3n) is 3.55. The molecule has 27 heavy (non-hydrogen) atoms. The molecule has 2 aromatic carbocycles. The van der Waals surface area contributed by atoms with E-state index < -0.39 is 10.8 Å². The molecule has 0 spiro atoms. The van der Waals surface area contributed by atoms with E-state index in [4.69, 9.17) is 0 Å². The first kappa shape index (κ1) is 19.3. The monoisotopic (exact) mass is 364 g/mol. The fraction of sp³-hybridized carbons (Fsp3) is 0.105. The van der Waals surface area contributed by atoms with E-state index in [1.165, 1.54) is 29.2 Å². The Kier molecular flexibility index (Phi) is 6.02. The molecule has 2 aromatic rings. The third-order valence-corrected chi connectivity index (χ3v) is 3.55. The van der Waals surface area contributed by atoms with Gasteiger partial charge in [-0.2, -0.15) is 5.26 Å². The summed E-state index contributed by atoms with van der Waals surface area (Å²) < 4.78 is 0. The first-order valence-electron chi connectivity index (χ1n) is 7.81. The molecule has 0 aromatic heterocycles. The summed E-state index contributed by atoms with van der Waals surface area (Å²) in [5, 5.41) is 22.6. The van der Waals surface area contributed by atoms with Gasteiger partial charge in [0.05, 0.1) is 4.92 Å². The van der Waals surface area contributed by atoms with Gasteiger partial charge in [0.15, 0.2) is 0 Å². The molecule has 0 bridgehead atoms. The number of nitro benzene ring substituents is 1. The highest BCUT2D eigenvalue weighted by Gasteiger charge is 2.12. The van der Waals surface area contributed by atoms with Crippen molar-refractivity contribution in [3.05, 3.63) is 75.3 Å². The van der Waals surface area contributed by atoms with Gasteiger partial charge in [-0.05, 0) is 35.9 Å². The zero-order chi connectivity index (χ0) is 20.0. The highest BCUT2D eigenvalue weighted by Crippen LogP contribution is 2.17. The molecular formula is C19H16N4O4. The first-order valence-corrected chi connectivity index (χ1v) is 7.81. The largest absolute Gasteiger partial charge is 0.345 e. The normalized spacial score (nSPS) is 10.6. The fourth-order valence-corrected chi connectivity index (χ4v) is 2.20. The Morgan fingerprint density at radius 1 is 1.19 bits per heavy atom. The summed E-state index contributed by atoms with van der Waals surface area (Å²) in [5.74, 6) is -0.827. The van der Waals surface area contributed by atoms with Gasteiger partial charge in [0.25, 0.3) is 17.5 Å². The molecule has 0 radical (unpaired) electrons. The summed E-state index contributed by atoms with van der Waals surface area (Å²) in [6.07, 6.45) is 1.27. The van der Waals surface area contributed by atoms with Gasteiger partial charge in [0.2, 0.25) is 0 Å². The van der Waals surface area contributed by atoms with Crippen molar-refractivity contribution in [1.82, 2.24) is 4.90 Å². The molecule has 0 fully saturated rings. The lowest BCUT2D eigenvalue weighted by Crippen LogP contribution is -2.21. The smallest absolute Gasteiger partial charge is 0.270 e. The maximum absolute atomic E-state index is 12.3. The summed E-state index contributed by atoms with van der Waals surface area (Å²) in [7, 11) is 3.27. The highest BCUT2D eigenvalue weighted by atomic mass is 16.6. The maximum atomic E-state index is 12.3. The zero-order valence-corrected chi connectivity index (χ0v) is 14.7. The van der Waals surface area contributed by atoms with Crippen molar-refractivity contribution in [3.8, 4) is 6.07 Å². The van der Waals surface area contributed by atoms with Crippen LogP contribution in [0.5, 0.6) is 0 Å². The molecule has 0 saturated heterocycles. The van der Waals surface area contributed by atoms with E-state index in [0.29, 0.717) is 16.8 Å². The lowest BCUT2D eigenvalue weighted by atomic mass is 10.1. The number of hydrogen-bond acceptors (Lipinski definition) is 5. The van der Waals surface area contributed by atoms with Crippen LogP contribution in [0, 0.1) is 21.4 Å². The molecule has 0 unspecified atom stereocenters. The van der Waals surface area contributed by atoms with Gasteiger partial charge in [-0.1, -0.05) is 12.1 Å². The van der Waals surface area contributed by atoms with Crippen molar-refractivity contribution in [2.45, 2.75) is 0 Å². The van der Waals surface area contributed by atoms with Crippen LogP contribution in [0.2, 0.25) is 0 Å². The quantitative estimate of drug-likeness (QED) is 0.379. The predicted octanol–water partition coefficient (Wildman–Crippen LogP) is 2.84. The molecule has 2 amide bonds. The molecule has 0 saturated carbocycles. The minimum absolute atomic E-state index is 0.136. The van der Waals surface area contributed by atoms with Crippen LogP contribution < -0.4 is 5.32 Å². The molecule has 0 atom stereocenters. The van der Waals surface area contributed by atoms with E-state index in [2.05, 4.69) is 5.32 Å². The van der Waals surface area contributed by atoms with Crippen molar-refractivity contribution < 1.29 is 14.5 Å². The Balaban J connectivity index is 2.18. The Hall–Kier alpha value is -3.99. The van der Waals surface area contributed by atoms with Crippen LogP contribution in [-0.2, 0) is 4.79 Å². The second-order valence-electron chi connectivity index (χ2n) is 5.75. The number of carbonyl (C=O) groups is 2. The van der Waals surface area contributed by atoms with Gasteiger partial charge in [0.1, 0.15) is 11.6 Å². The van der Waals surface area contributed by atoms with Gasteiger partial charge < -0.3 is 10.2 Å². The van der Waals surface area contributed by atoms with Crippen molar-refractivity contribution in [2.24, 2.45) is 0 Å². The average molecular weight is 364 g/mol. The SMILES string of the molecule is CN(C)C(=O)c1ccc(NC(=O)/C(C#N)=C/c2cccc([N+](=O)[O-])c2)cc1. The third kappa shape index (κ3) is 4.99. The molecule has 0 heterocycles. The number of benzene rings is 2. The topological polar surface area (TPSA) is 116 Å². The summed E-state index contributed by atoms with van der Waals surface area (Å²) in [6.45, 7) is 0. The standard InChI is InChI=1S/C19H16N4O4/c1-22(2)19(25)14-6-8-16(9-7-14)21-18(24)15(12-20)10-13-4-3-5-17(11-13)23(26)27/h3-11H,1-2H3,(H,21,24)/b15-10+. The van der Waals surface area contributed by atoms with E-state index in [-0.39, 0.29) is 17.2 Å². The number of non-ortho nitro benzene ring substituents is 1. The second kappa shape index (κ2) is 8.40. The predicted molar refractivity (Wildman–Crippen MR) is 99.8 cm³/mol. The fourth-order valence-electron chi connectivity index (χ4n) is 2.20. The van der Waals surface area contributed by atoms with Gasteiger partial charge >= 0.3 is 0 Å². The van der Waals surface area contributed by atoms with Gasteiger partial charge in [-0.3, -0.25) is 19.7 Å². The molecule has 0 aliphatic rings. The van der Waals surface area contributed by atoms with Crippen LogP contribution in [0.3, 0.4) is 0 Å². The number of nitro groups is 1. The zero-order valence-electron chi connectivity index (χ0n) is 14.7. The van der Waals surface area contributed by atoms with Crippen LogP contribution in [0.1, 0.15) is 15.9 Å². The number of rotatable bonds is 5. The van der Waals surface area contributed by atoms with Crippen LogP contribution in [0.4, 0.5) is 11.4 Å². The van der Waals surface area contributed by atoms with Gasteiger partial charge in [-0.25, -0.2) is 0 Å². The minimum Gasteiger partial charge on any atom is -0.345 e. The van der Waals surface area contributed by atoms with Gasteiger partial charge in [0, 0.05) is 37.5 Å². The Morgan fingerprint density at radius 2 is 1.85 bits per heavy atom. The summed E-state index contributed by atoms with van der Waals surface area (Å²) >= 11 is 0. The highest BCUT2D eigenvalue weighted by molar-refractivity contribution is 6.09. The molecule has 0 aliphatic carbocycles. The van der Waals surface area contributed by atoms with Crippen molar-refractivity contribution in [3.63, 3.8) is 0 Å². The number of carbonyl (C=O) groups excluding carboxylic acids is 2. The lowest BCUT2D eigenvalue weighted by Gasteiger charge is -2.10. The number of hydrogen-bond donors (Lipinski definition) is 1. The van der Waals surface area contributed by atoms with Crippen molar-refractivity contribution >= 4 is 29.3 Å². The Labute approximate surface area is 155 Å². The molecule has 136 valence electrons. The molecule has 1 N–H and O–H groups in total. The molecule has 2 rings (SSSR count). The van der Waals surface area contributed by atoms with Crippen LogP contribution in [0.15, 0.2) is 54.1 Å². The number of nitrogens with zero attached hydrogens (tertiary/aromatic N) is 3. The molecule has 8 nitrogen and oxygen atoms in total. The van der Waals surface area contributed by atoms with E-state index in [1.807, 2.05) is 0 Å². The maximum Gasteiger partial charge on any atom is 0.270 e. The Bertz CT molecular complexity index is 956. The van der Waals surface area contributed by atoms with Crippen LogP contribution in [0.25, 0.3) is 6.08 Å². The van der Waals surface area contributed by atoms with Crippen LogP contribution >= 0.6 is 0 Å². The van der Waals surface area contributed by atoms with Gasteiger partial charge in [-0.15, -0.1) is 0 Å². The first-order chi connectivity index (χ1) is 12.8. The number of amides is 2. The summed E-state index contributed by atoms with van der Waals surface area (Å²) in [4.78, 5) is 35.8. The van der Waals surface area contributed by atoms with Crippen molar-refractivity contribution in [1.29, 1.82) is 5.26 Å². The summed E-state index contributed by atoms with van der Waals surface area (Å²) in [6, 6.07) is 13.6. The molecule has 8 heteroatoms. The lowest BCUT2D eigenvalue weighted by molar-refractivity contribution is -0.384. The van der Waals surface area contributed by atoms with Crippen molar-refractivity contribution in [2.75, 3.05) is 19.4 Å². The molecule has 0 aliphatic heterocycles. The van der Waals surface area contributed by atoms with Crippen LogP contribution in [-0.4, -0.2) is 35.7 Å². The molecular weight excluding hydrogens is 348 g/mol. The summed E-state index contributed by atoms with van der Waals surface area (Å²) in [5.41, 5.74) is 0.899. The Morgan fingerprint density at radius 3 is 2.41 bits per heavy atom.